The van der Waals surface area contributed by atoms with Crippen molar-refractivity contribution in [2.45, 2.75) is 20.0 Å². The van der Waals surface area contributed by atoms with Gasteiger partial charge in [0.15, 0.2) is 0 Å². The molecule has 0 aliphatic heterocycles. The summed E-state index contributed by atoms with van der Waals surface area (Å²) in [5.41, 5.74) is 2.12. The van der Waals surface area contributed by atoms with Gasteiger partial charge in [-0.25, -0.2) is 4.79 Å². The molecule has 3 radical (unpaired) electrons. The van der Waals surface area contributed by atoms with Gasteiger partial charge in [-0.2, -0.15) is 0 Å². The maximum absolute atomic E-state index is 11.3. The zero-order valence-corrected chi connectivity index (χ0v) is 14.1. The highest BCUT2D eigenvalue weighted by Gasteiger charge is 2.06. The monoisotopic (exact) mass is 323 g/mol. The number of rotatable bonds is 7. The number of benzene rings is 2. The summed E-state index contributed by atoms with van der Waals surface area (Å²) >= 11 is 0. The minimum atomic E-state index is -0.325. The van der Waals surface area contributed by atoms with Crippen LogP contribution in [-0.2, 0) is 22.6 Å². The largest absolute Gasteiger partial charge is 0.489 e. The molecule has 0 unspecified atom stereocenters. The Bertz CT molecular complexity index is 666. The quantitative estimate of drug-likeness (QED) is 0.446. The second-order valence-corrected chi connectivity index (χ2v) is 5.47. The van der Waals surface area contributed by atoms with Crippen molar-refractivity contribution in [1.29, 1.82) is 0 Å². The molecule has 0 aliphatic carbocycles. The topological polar surface area (TPSA) is 35.5 Å². The van der Waals surface area contributed by atoms with Crippen LogP contribution in [0.5, 0.6) is 5.75 Å². The molecule has 4 heteroatoms. The Kier molecular flexibility index (Phi) is 6.63. The second kappa shape index (κ2) is 8.95. The van der Waals surface area contributed by atoms with Crippen LogP contribution in [-0.4, -0.2) is 22.8 Å². The molecule has 0 saturated carbocycles. The van der Waals surface area contributed by atoms with E-state index in [0.717, 1.165) is 22.1 Å². The van der Waals surface area contributed by atoms with Gasteiger partial charge < -0.3 is 9.47 Å². The van der Waals surface area contributed by atoms with Crippen LogP contribution in [0.4, 0.5) is 0 Å². The van der Waals surface area contributed by atoms with Crippen molar-refractivity contribution in [2.24, 2.45) is 0 Å². The first kappa shape index (κ1) is 17.0. The van der Waals surface area contributed by atoms with Crippen LogP contribution in [0.3, 0.4) is 0 Å². The molecule has 0 saturated heterocycles. The van der Waals surface area contributed by atoms with Gasteiger partial charge in [0.05, 0.1) is 16.8 Å². The Morgan fingerprint density at radius 3 is 2.65 bits per heavy atom. The third kappa shape index (κ3) is 5.42. The molecule has 0 heterocycles. The Morgan fingerprint density at radius 2 is 1.91 bits per heavy atom. The number of para-hydroxylation sites is 1. The lowest BCUT2D eigenvalue weighted by Crippen LogP contribution is -2.11. The van der Waals surface area contributed by atoms with Crippen LogP contribution in [0.2, 0.25) is 0 Å². The minimum absolute atomic E-state index is 0.325. The predicted molar refractivity (Wildman–Crippen MR) is 92.1 cm³/mol. The molecule has 0 fully saturated rings. The summed E-state index contributed by atoms with van der Waals surface area (Å²) in [6.45, 7) is 2.66. The molecule has 0 amide bonds. The van der Waals surface area contributed by atoms with Crippen molar-refractivity contribution >= 4 is 21.4 Å². The zero-order valence-electron chi connectivity index (χ0n) is 13.1. The van der Waals surface area contributed by atoms with Gasteiger partial charge in [0, 0.05) is 6.08 Å². The molecular formula is C19H19O3Si. The highest BCUT2D eigenvalue weighted by molar-refractivity contribution is 6.34. The number of carbonyl (C=O) groups excluding carboxylic acids is 1. The van der Waals surface area contributed by atoms with Gasteiger partial charge in [0.25, 0.3) is 0 Å². The molecule has 2 aromatic rings. The Balaban J connectivity index is 2.05. The standard InChI is InChI=1S/C19H19O3Si/c1-2-21-18(20)13-7-11-16-10-6-12-17(23)19(16)22-14-15-8-4-3-5-9-15/h3-10,12-13H,2,11,14H2,1H3/b13-7+. The molecule has 23 heavy (non-hydrogen) atoms. The summed E-state index contributed by atoms with van der Waals surface area (Å²) in [6, 6.07) is 15.9. The predicted octanol–water partition coefficient (Wildman–Crippen LogP) is 2.72. The van der Waals surface area contributed by atoms with E-state index in [-0.39, 0.29) is 5.97 Å². The van der Waals surface area contributed by atoms with Gasteiger partial charge >= 0.3 is 5.97 Å². The van der Waals surface area contributed by atoms with Crippen LogP contribution in [0.15, 0.2) is 60.7 Å². The van der Waals surface area contributed by atoms with Crippen LogP contribution < -0.4 is 9.92 Å². The van der Waals surface area contributed by atoms with E-state index in [1.54, 1.807) is 13.0 Å². The summed E-state index contributed by atoms with van der Waals surface area (Å²) in [5.74, 6) is 0.468. The van der Waals surface area contributed by atoms with E-state index in [1.807, 2.05) is 48.5 Å². The van der Waals surface area contributed by atoms with Crippen LogP contribution in [0, 0.1) is 0 Å². The molecule has 117 valence electrons. The summed E-state index contributed by atoms with van der Waals surface area (Å²) in [4.78, 5) is 11.3. The Hall–Kier alpha value is -2.33. The van der Waals surface area contributed by atoms with E-state index in [2.05, 4.69) is 10.2 Å². The average molecular weight is 323 g/mol. The van der Waals surface area contributed by atoms with Crippen molar-refractivity contribution in [3.05, 3.63) is 71.8 Å². The highest BCUT2D eigenvalue weighted by Crippen LogP contribution is 2.18. The van der Waals surface area contributed by atoms with E-state index in [0.29, 0.717) is 19.6 Å². The van der Waals surface area contributed by atoms with Crippen molar-refractivity contribution in [2.75, 3.05) is 6.61 Å². The van der Waals surface area contributed by atoms with Gasteiger partial charge in [-0.05, 0) is 29.7 Å². The Morgan fingerprint density at radius 1 is 1.13 bits per heavy atom. The lowest BCUT2D eigenvalue weighted by atomic mass is 10.1. The number of hydrogen-bond acceptors (Lipinski definition) is 3. The van der Waals surface area contributed by atoms with Crippen LogP contribution in [0.1, 0.15) is 18.1 Å². The molecule has 0 aliphatic rings. The first-order valence-electron chi connectivity index (χ1n) is 7.54. The fourth-order valence-electron chi connectivity index (χ4n) is 2.12. The van der Waals surface area contributed by atoms with E-state index >= 15 is 0 Å². The average Bonchev–Trinajstić information content (AvgIpc) is 2.55. The first-order chi connectivity index (χ1) is 11.2. The van der Waals surface area contributed by atoms with Crippen molar-refractivity contribution in [3.63, 3.8) is 0 Å². The van der Waals surface area contributed by atoms with Gasteiger partial charge in [-0.15, -0.1) is 0 Å². The molecular weight excluding hydrogens is 304 g/mol. The van der Waals surface area contributed by atoms with Crippen LogP contribution in [0.25, 0.3) is 0 Å². The molecule has 3 nitrogen and oxygen atoms in total. The fraction of sp³-hybridized carbons (Fsp3) is 0.211. The third-order valence-electron chi connectivity index (χ3n) is 3.20. The normalized spacial score (nSPS) is 10.7. The van der Waals surface area contributed by atoms with Gasteiger partial charge in [-0.1, -0.05) is 54.6 Å². The fourth-order valence-corrected chi connectivity index (χ4v) is 2.45. The summed E-state index contributed by atoms with van der Waals surface area (Å²) in [6.07, 6.45) is 3.83. The summed E-state index contributed by atoms with van der Waals surface area (Å²) in [5, 5.41) is 0.892. The zero-order chi connectivity index (χ0) is 16.5. The van der Waals surface area contributed by atoms with Crippen molar-refractivity contribution < 1.29 is 14.3 Å². The number of allylic oxidation sites excluding steroid dienone is 1. The summed E-state index contributed by atoms with van der Waals surface area (Å²) in [7, 11) is 3.58. The molecule has 0 aromatic heterocycles. The van der Waals surface area contributed by atoms with Crippen LogP contribution >= 0.6 is 0 Å². The maximum atomic E-state index is 11.3. The van der Waals surface area contributed by atoms with Crippen molar-refractivity contribution in [1.82, 2.24) is 0 Å². The lowest BCUT2D eigenvalue weighted by Gasteiger charge is -2.13. The van der Waals surface area contributed by atoms with Gasteiger partial charge in [0.1, 0.15) is 12.4 Å². The third-order valence-corrected chi connectivity index (χ3v) is 3.59. The number of ether oxygens (including phenoxy) is 2. The number of hydrogen-bond donors (Lipinski definition) is 0. The molecule has 2 rings (SSSR count). The lowest BCUT2D eigenvalue weighted by molar-refractivity contribution is -0.137. The van der Waals surface area contributed by atoms with E-state index in [4.69, 9.17) is 9.47 Å². The Labute approximate surface area is 140 Å². The highest BCUT2D eigenvalue weighted by atomic mass is 28.1. The van der Waals surface area contributed by atoms with Crippen molar-refractivity contribution in [3.8, 4) is 5.75 Å². The number of carbonyl (C=O) groups is 1. The molecule has 0 bridgehead atoms. The second-order valence-electron chi connectivity index (χ2n) is 4.93. The number of esters is 1. The van der Waals surface area contributed by atoms with E-state index in [1.165, 1.54) is 6.08 Å². The molecule has 0 N–H and O–H groups in total. The summed E-state index contributed by atoms with van der Waals surface area (Å²) < 4.78 is 10.8. The minimum Gasteiger partial charge on any atom is -0.489 e. The van der Waals surface area contributed by atoms with Gasteiger partial charge in [0.2, 0.25) is 0 Å². The first-order valence-corrected chi connectivity index (χ1v) is 8.04. The molecule has 0 spiro atoms. The molecule has 0 atom stereocenters. The SMILES string of the molecule is CCOC(=O)/C=C/Cc1cccc([Si])c1OCc1ccccc1. The van der Waals surface area contributed by atoms with E-state index in [9.17, 15) is 4.79 Å². The maximum Gasteiger partial charge on any atom is 0.330 e. The van der Waals surface area contributed by atoms with E-state index < -0.39 is 0 Å². The molecule has 2 aromatic carbocycles. The smallest absolute Gasteiger partial charge is 0.330 e. The van der Waals surface area contributed by atoms with Gasteiger partial charge in [-0.3, -0.25) is 0 Å².